The highest BCUT2D eigenvalue weighted by Gasteiger charge is 2.62. The van der Waals surface area contributed by atoms with Crippen LogP contribution in [0.4, 0.5) is 9.18 Å². The molecule has 5 aliphatic rings. The lowest BCUT2D eigenvalue weighted by molar-refractivity contribution is -0.157. The molecule has 1 unspecified atom stereocenters. The van der Waals surface area contributed by atoms with E-state index in [0.717, 1.165) is 6.08 Å². The second-order valence-electron chi connectivity index (χ2n) is 15.7. The predicted octanol–water partition coefficient (Wildman–Crippen LogP) is 5.68. The molecule has 0 radical (unpaired) electrons. The molecule has 3 saturated carbocycles. The molecule has 11 nitrogen and oxygen atoms in total. The second-order valence-corrected chi connectivity index (χ2v) is 17.6. The van der Waals surface area contributed by atoms with Crippen LogP contribution in [-0.4, -0.2) is 59.8 Å². The van der Waals surface area contributed by atoms with Crippen LogP contribution in [0.5, 0.6) is 0 Å². The number of Topliss-reactive ketones (excluding diaryl/α,β-unsaturated/α-hetero) is 2. The minimum atomic E-state index is -4.04. The summed E-state index contributed by atoms with van der Waals surface area (Å²) in [6.45, 7) is 5.07. The molecule has 1 aromatic carbocycles. The highest BCUT2D eigenvalue weighted by Crippen LogP contribution is 2.58. The fraction of sp³-hybridized carbons (Fsp3) is 0.658. The average molecular weight is 733 g/mol. The maximum absolute atomic E-state index is 14.6. The standard InChI is InChI=1S/C38H49FN2O9S/c1-37(2,3)50-33(43)16-23-10-7-5-4-6-8-12-25-19-38(25,35(45)40-51(47,48)27-14-15-27)20-32(42)28-17-26(18-29(28)34(23)44)49-36(46)41-21-24-11-9-13-31(39)30(24)22-41/h8-9,11-13,23,25-29H,4-7,10,14-22H2,1-3H3,(H,40,45)/b12-8-/t23-,25-,26-,28-,29?,38-/m1/s1/i4D2,6D2. The fourth-order valence-corrected chi connectivity index (χ4v) is 9.10. The van der Waals surface area contributed by atoms with Crippen molar-refractivity contribution in [2.24, 2.45) is 29.1 Å². The predicted molar refractivity (Wildman–Crippen MR) is 184 cm³/mol. The lowest BCUT2D eigenvalue weighted by Gasteiger charge is -2.26. The van der Waals surface area contributed by atoms with Gasteiger partial charge in [-0.15, -0.1) is 0 Å². The first-order chi connectivity index (χ1) is 25.5. The van der Waals surface area contributed by atoms with Crippen LogP contribution in [0.25, 0.3) is 0 Å². The first-order valence-corrected chi connectivity index (χ1v) is 19.3. The molecule has 1 N–H and O–H groups in total. The Kier molecular flexibility index (Phi) is 9.07. The number of carbonyl (C=O) groups is 5. The first-order valence-electron chi connectivity index (χ1n) is 19.8. The summed E-state index contributed by atoms with van der Waals surface area (Å²) in [5.41, 5.74) is -1.50. The Labute approximate surface area is 304 Å². The summed E-state index contributed by atoms with van der Waals surface area (Å²) in [7, 11) is -4.04. The molecular weight excluding hydrogens is 679 g/mol. The number of carbonyl (C=O) groups excluding carboxylic acids is 5. The smallest absolute Gasteiger partial charge is 0.410 e. The fourth-order valence-electron chi connectivity index (χ4n) is 7.71. The number of allylic oxidation sites excluding steroid dienone is 2. The van der Waals surface area contributed by atoms with Gasteiger partial charge in [0.25, 0.3) is 0 Å². The molecule has 0 aromatic heterocycles. The van der Waals surface area contributed by atoms with E-state index in [1.165, 1.54) is 17.0 Å². The van der Waals surface area contributed by atoms with Gasteiger partial charge in [0, 0.05) is 41.8 Å². The molecule has 0 bridgehead atoms. The van der Waals surface area contributed by atoms with Gasteiger partial charge in [0.1, 0.15) is 29.1 Å². The van der Waals surface area contributed by atoms with Crippen molar-refractivity contribution in [1.29, 1.82) is 0 Å². The highest BCUT2D eigenvalue weighted by molar-refractivity contribution is 7.90. The van der Waals surface area contributed by atoms with Crippen molar-refractivity contribution in [2.75, 3.05) is 0 Å². The summed E-state index contributed by atoms with van der Waals surface area (Å²) in [6.07, 6.45) is -5.04. The van der Waals surface area contributed by atoms with Crippen LogP contribution in [0, 0.1) is 34.9 Å². The number of rotatable bonds is 6. The Morgan fingerprint density at radius 3 is 2.53 bits per heavy atom. The van der Waals surface area contributed by atoms with Crippen LogP contribution in [0.2, 0.25) is 0 Å². The number of hydrogen-bond donors (Lipinski definition) is 1. The molecule has 1 aliphatic heterocycles. The van der Waals surface area contributed by atoms with E-state index in [4.69, 9.17) is 15.0 Å². The number of nitrogens with one attached hydrogen (secondary N) is 1. The Balaban J connectivity index is 1.31. The topological polar surface area (TPSA) is 153 Å². The molecule has 2 amide bonds. The van der Waals surface area contributed by atoms with E-state index < -0.39 is 117 Å². The molecule has 0 saturated heterocycles. The molecule has 13 heteroatoms. The molecule has 6 rings (SSSR count). The highest BCUT2D eigenvalue weighted by atomic mass is 32.2. The number of hydrogen-bond acceptors (Lipinski definition) is 9. The van der Waals surface area contributed by atoms with E-state index in [-0.39, 0.29) is 51.6 Å². The average Bonchev–Trinajstić information content (AvgIpc) is 3.96. The van der Waals surface area contributed by atoms with Crippen molar-refractivity contribution < 1.29 is 51.7 Å². The molecule has 278 valence electrons. The van der Waals surface area contributed by atoms with Gasteiger partial charge in [0.05, 0.1) is 23.6 Å². The summed E-state index contributed by atoms with van der Waals surface area (Å²) in [4.78, 5) is 70.6. The van der Waals surface area contributed by atoms with Crippen molar-refractivity contribution in [2.45, 2.75) is 128 Å². The Morgan fingerprint density at radius 2 is 1.82 bits per heavy atom. The van der Waals surface area contributed by atoms with Gasteiger partial charge in [-0.05, 0) is 89.6 Å². The number of ketones is 2. The van der Waals surface area contributed by atoms with Crippen LogP contribution in [0.3, 0.4) is 0 Å². The van der Waals surface area contributed by atoms with Gasteiger partial charge in [-0.2, -0.15) is 0 Å². The number of ether oxygens (including phenoxy) is 2. The number of esters is 1. The molecule has 1 heterocycles. The second kappa shape index (κ2) is 14.4. The number of nitrogens with zero attached hydrogens (tertiary/aromatic N) is 1. The van der Waals surface area contributed by atoms with E-state index in [1.54, 1.807) is 32.9 Å². The lowest BCUT2D eigenvalue weighted by Crippen LogP contribution is -2.41. The van der Waals surface area contributed by atoms with E-state index in [9.17, 15) is 36.8 Å². The Bertz CT molecular complexity index is 1900. The first kappa shape index (κ1) is 32.1. The van der Waals surface area contributed by atoms with Crippen molar-refractivity contribution in [1.82, 2.24) is 9.62 Å². The van der Waals surface area contributed by atoms with Crippen LogP contribution in [0.15, 0.2) is 30.4 Å². The monoisotopic (exact) mass is 732 g/mol. The number of halogens is 1. The van der Waals surface area contributed by atoms with Crippen LogP contribution in [-0.2, 0) is 51.8 Å². The quantitative estimate of drug-likeness (QED) is 0.287. The molecule has 3 fully saturated rings. The zero-order valence-corrected chi connectivity index (χ0v) is 30.1. The van der Waals surface area contributed by atoms with E-state index in [2.05, 4.69) is 4.72 Å². The SMILES string of the molecule is [2H]C1([2H])/C=C\[C@@H]2C[C@@]2(C(=O)NS(=O)(=O)C2CC2)CC(=O)[C@@H]2C[C@@H](OC(=O)N3Cc4cccc(F)c4C3)CC2C(=O)[C@@H](CC(=O)OC(C)(C)C)CCCC1([2H])[2H]. The summed E-state index contributed by atoms with van der Waals surface area (Å²) in [5.74, 6) is -7.16. The maximum atomic E-state index is 14.6. The van der Waals surface area contributed by atoms with Crippen molar-refractivity contribution in [3.63, 3.8) is 0 Å². The van der Waals surface area contributed by atoms with Crippen molar-refractivity contribution in [3.05, 3.63) is 47.3 Å². The normalized spacial score (nSPS) is 33.7. The third-order valence-electron chi connectivity index (χ3n) is 10.6. The van der Waals surface area contributed by atoms with Gasteiger partial charge in [-0.1, -0.05) is 37.1 Å². The van der Waals surface area contributed by atoms with Gasteiger partial charge in [0.15, 0.2) is 0 Å². The minimum Gasteiger partial charge on any atom is -0.460 e. The van der Waals surface area contributed by atoms with Gasteiger partial charge in [0.2, 0.25) is 15.9 Å². The number of sulfonamides is 1. The molecule has 0 spiro atoms. The maximum Gasteiger partial charge on any atom is 0.410 e. The summed E-state index contributed by atoms with van der Waals surface area (Å²) in [5, 5.41) is -0.742. The molecule has 1 aromatic rings. The summed E-state index contributed by atoms with van der Waals surface area (Å²) in [6, 6.07) is 4.55. The van der Waals surface area contributed by atoms with Gasteiger partial charge < -0.3 is 9.47 Å². The molecule has 4 aliphatic carbocycles. The van der Waals surface area contributed by atoms with E-state index in [1.807, 2.05) is 0 Å². The molecular formula is C38H49FN2O9S. The molecule has 51 heavy (non-hydrogen) atoms. The lowest BCUT2D eigenvalue weighted by atomic mass is 9.78. The van der Waals surface area contributed by atoms with E-state index >= 15 is 0 Å². The van der Waals surface area contributed by atoms with Gasteiger partial charge >= 0.3 is 12.1 Å². The van der Waals surface area contributed by atoms with Crippen LogP contribution < -0.4 is 4.72 Å². The zero-order valence-electron chi connectivity index (χ0n) is 33.2. The van der Waals surface area contributed by atoms with Crippen LogP contribution in [0.1, 0.15) is 114 Å². The third-order valence-corrected chi connectivity index (χ3v) is 12.4. The largest absolute Gasteiger partial charge is 0.460 e. The Morgan fingerprint density at radius 1 is 1.08 bits per heavy atom. The van der Waals surface area contributed by atoms with Crippen molar-refractivity contribution >= 4 is 39.6 Å². The minimum absolute atomic E-state index is 0.00415. The number of amides is 2. The number of benzene rings is 1. The molecule has 6 atom stereocenters. The van der Waals surface area contributed by atoms with Gasteiger partial charge in [-0.25, -0.2) is 17.6 Å². The Hall–Kier alpha value is -3.61. The summed E-state index contributed by atoms with van der Waals surface area (Å²) < 4.78 is 88.0. The number of fused-ring (bicyclic) bond motifs is 3. The summed E-state index contributed by atoms with van der Waals surface area (Å²) >= 11 is 0. The van der Waals surface area contributed by atoms with Crippen molar-refractivity contribution in [3.8, 4) is 0 Å². The zero-order chi connectivity index (χ0) is 40.3. The van der Waals surface area contributed by atoms with E-state index in [0.29, 0.717) is 24.0 Å². The van der Waals surface area contributed by atoms with Crippen LogP contribution >= 0.6 is 0 Å². The van der Waals surface area contributed by atoms with Gasteiger partial charge in [-0.3, -0.25) is 28.8 Å². The third kappa shape index (κ3) is 8.55.